The molecule has 3 rings (SSSR count). The number of anilines is 1. The van der Waals surface area contributed by atoms with E-state index in [9.17, 15) is 13.2 Å². The highest BCUT2D eigenvalue weighted by molar-refractivity contribution is 7.91. The van der Waals surface area contributed by atoms with Crippen LogP contribution in [-0.4, -0.2) is 57.6 Å². The van der Waals surface area contributed by atoms with Crippen molar-refractivity contribution in [3.63, 3.8) is 0 Å². The molecule has 150 valence electrons. The molecule has 0 N–H and O–H groups in total. The number of Topliss-reactive ketones (excluding diaryl/α,β-unsaturated/α-hetero) is 1. The second-order valence-electron chi connectivity index (χ2n) is 6.83. The standard InChI is InChI=1S/C20H22Cl2N2O3S/c1-15(25)16-2-5-18(6-3-16)24-10-8-23(9-11-24)12-13-28(26,27)20-14-17(21)4-7-19(20)22/h2-7,14H,8-13H2,1H3. The quantitative estimate of drug-likeness (QED) is 0.639. The lowest BCUT2D eigenvalue weighted by Gasteiger charge is -2.36. The van der Waals surface area contributed by atoms with Crippen LogP contribution < -0.4 is 4.90 Å². The van der Waals surface area contributed by atoms with Crippen molar-refractivity contribution in [3.05, 3.63) is 58.1 Å². The van der Waals surface area contributed by atoms with Crippen molar-refractivity contribution in [2.45, 2.75) is 11.8 Å². The first-order valence-corrected chi connectivity index (χ1v) is 11.4. The summed E-state index contributed by atoms with van der Waals surface area (Å²) in [6.45, 7) is 5.15. The van der Waals surface area contributed by atoms with E-state index in [0.717, 1.165) is 31.9 Å². The van der Waals surface area contributed by atoms with E-state index < -0.39 is 9.84 Å². The number of hydrogen-bond donors (Lipinski definition) is 0. The normalized spacial score (nSPS) is 15.6. The van der Waals surface area contributed by atoms with Gasteiger partial charge in [-0.15, -0.1) is 0 Å². The summed E-state index contributed by atoms with van der Waals surface area (Å²) in [6, 6.07) is 12.1. The van der Waals surface area contributed by atoms with Crippen molar-refractivity contribution in [1.29, 1.82) is 0 Å². The molecule has 0 unspecified atom stereocenters. The van der Waals surface area contributed by atoms with Crippen molar-refractivity contribution in [2.75, 3.05) is 43.4 Å². The second-order valence-corrected chi connectivity index (χ2v) is 9.75. The van der Waals surface area contributed by atoms with Gasteiger partial charge in [0.05, 0.1) is 15.7 Å². The molecule has 1 fully saturated rings. The summed E-state index contributed by atoms with van der Waals surface area (Å²) in [5, 5.41) is 0.551. The smallest absolute Gasteiger partial charge is 0.181 e. The van der Waals surface area contributed by atoms with Crippen LogP contribution in [0.4, 0.5) is 5.69 Å². The van der Waals surface area contributed by atoms with Gasteiger partial charge in [0.15, 0.2) is 15.6 Å². The third kappa shape index (κ3) is 5.06. The van der Waals surface area contributed by atoms with Gasteiger partial charge in [0, 0.05) is 49.0 Å². The second kappa shape index (κ2) is 8.82. The number of carbonyl (C=O) groups excluding carboxylic acids is 1. The van der Waals surface area contributed by atoms with Crippen molar-refractivity contribution in [1.82, 2.24) is 4.90 Å². The van der Waals surface area contributed by atoms with Crippen LogP contribution in [0.5, 0.6) is 0 Å². The van der Waals surface area contributed by atoms with Gasteiger partial charge in [-0.25, -0.2) is 8.42 Å². The van der Waals surface area contributed by atoms with Gasteiger partial charge in [-0.2, -0.15) is 0 Å². The maximum absolute atomic E-state index is 12.6. The van der Waals surface area contributed by atoms with E-state index in [-0.39, 0.29) is 21.5 Å². The molecule has 0 spiro atoms. The summed E-state index contributed by atoms with van der Waals surface area (Å²) < 4.78 is 25.2. The lowest BCUT2D eigenvalue weighted by Crippen LogP contribution is -2.47. The summed E-state index contributed by atoms with van der Waals surface area (Å²) in [5.74, 6) is 0.0535. The summed E-state index contributed by atoms with van der Waals surface area (Å²) >= 11 is 12.0. The van der Waals surface area contributed by atoms with Gasteiger partial charge < -0.3 is 4.90 Å². The van der Waals surface area contributed by atoms with Crippen LogP contribution in [0.3, 0.4) is 0 Å². The molecule has 0 atom stereocenters. The monoisotopic (exact) mass is 440 g/mol. The molecule has 0 amide bonds. The third-order valence-electron chi connectivity index (χ3n) is 4.92. The molecule has 28 heavy (non-hydrogen) atoms. The predicted molar refractivity (Wildman–Crippen MR) is 114 cm³/mol. The first kappa shape index (κ1) is 21.1. The Balaban J connectivity index is 1.55. The van der Waals surface area contributed by atoms with Crippen LogP contribution in [0, 0.1) is 0 Å². The van der Waals surface area contributed by atoms with E-state index in [1.54, 1.807) is 13.0 Å². The molecule has 2 aromatic carbocycles. The number of sulfone groups is 1. The fourth-order valence-electron chi connectivity index (χ4n) is 3.21. The number of rotatable bonds is 6. The van der Waals surface area contributed by atoms with Gasteiger partial charge >= 0.3 is 0 Å². The van der Waals surface area contributed by atoms with E-state index in [4.69, 9.17) is 23.2 Å². The molecule has 1 heterocycles. The zero-order chi connectivity index (χ0) is 20.3. The Morgan fingerprint density at radius 2 is 1.64 bits per heavy atom. The maximum Gasteiger partial charge on any atom is 0.181 e. The first-order chi connectivity index (χ1) is 13.3. The van der Waals surface area contributed by atoms with Gasteiger partial charge in [0.2, 0.25) is 0 Å². The van der Waals surface area contributed by atoms with Gasteiger partial charge in [-0.05, 0) is 49.4 Å². The Bertz CT molecular complexity index is 954. The van der Waals surface area contributed by atoms with Crippen molar-refractivity contribution >= 4 is 44.5 Å². The van der Waals surface area contributed by atoms with E-state index >= 15 is 0 Å². The highest BCUT2D eigenvalue weighted by atomic mass is 35.5. The molecule has 0 aromatic heterocycles. The molecule has 8 heteroatoms. The molecule has 0 aliphatic carbocycles. The summed E-state index contributed by atoms with van der Waals surface area (Å²) in [6.07, 6.45) is 0. The van der Waals surface area contributed by atoms with Gasteiger partial charge in [0.1, 0.15) is 0 Å². The van der Waals surface area contributed by atoms with Crippen LogP contribution in [0.25, 0.3) is 0 Å². The molecule has 1 aliphatic rings. The number of hydrogen-bond acceptors (Lipinski definition) is 5. The van der Waals surface area contributed by atoms with E-state index in [1.165, 1.54) is 12.1 Å². The van der Waals surface area contributed by atoms with Crippen LogP contribution in [0.1, 0.15) is 17.3 Å². The minimum Gasteiger partial charge on any atom is -0.369 e. The highest BCUT2D eigenvalue weighted by Crippen LogP contribution is 2.26. The highest BCUT2D eigenvalue weighted by Gasteiger charge is 2.22. The number of ketones is 1. The Morgan fingerprint density at radius 3 is 2.25 bits per heavy atom. The minimum atomic E-state index is -3.50. The fourth-order valence-corrected chi connectivity index (χ4v) is 5.31. The van der Waals surface area contributed by atoms with Gasteiger partial charge in [-0.1, -0.05) is 23.2 Å². The van der Waals surface area contributed by atoms with Crippen LogP contribution in [-0.2, 0) is 9.84 Å². The molecule has 0 saturated carbocycles. The number of benzene rings is 2. The zero-order valence-corrected chi connectivity index (χ0v) is 17.9. The van der Waals surface area contributed by atoms with Crippen molar-refractivity contribution in [3.8, 4) is 0 Å². The molecular formula is C20H22Cl2N2O3S. The molecular weight excluding hydrogens is 419 g/mol. The third-order valence-corrected chi connectivity index (χ3v) is 7.32. The molecule has 1 aliphatic heterocycles. The Labute approximate surface area is 175 Å². The molecule has 0 radical (unpaired) electrons. The number of piperazine rings is 1. The number of nitrogens with zero attached hydrogens (tertiary/aromatic N) is 2. The SMILES string of the molecule is CC(=O)c1ccc(N2CCN(CCS(=O)(=O)c3cc(Cl)ccc3Cl)CC2)cc1. The number of carbonyl (C=O) groups is 1. The van der Waals surface area contributed by atoms with Crippen LogP contribution in [0.2, 0.25) is 10.0 Å². The average Bonchev–Trinajstić information content (AvgIpc) is 2.69. The molecule has 5 nitrogen and oxygen atoms in total. The lowest BCUT2D eigenvalue weighted by molar-refractivity contribution is 0.101. The van der Waals surface area contributed by atoms with Crippen molar-refractivity contribution < 1.29 is 13.2 Å². The van der Waals surface area contributed by atoms with Crippen LogP contribution >= 0.6 is 23.2 Å². The Hall–Kier alpha value is -1.60. The fraction of sp³-hybridized carbons (Fsp3) is 0.350. The lowest BCUT2D eigenvalue weighted by atomic mass is 10.1. The summed E-state index contributed by atoms with van der Waals surface area (Å²) in [7, 11) is -3.50. The number of halogens is 2. The largest absolute Gasteiger partial charge is 0.369 e. The topological polar surface area (TPSA) is 57.7 Å². The summed E-state index contributed by atoms with van der Waals surface area (Å²) in [5.41, 5.74) is 1.77. The molecule has 1 saturated heterocycles. The van der Waals surface area contributed by atoms with Gasteiger partial charge in [-0.3, -0.25) is 9.69 Å². The Kier molecular flexibility index (Phi) is 6.65. The minimum absolute atomic E-state index is 0.000368. The van der Waals surface area contributed by atoms with Gasteiger partial charge in [0.25, 0.3) is 0 Å². The first-order valence-electron chi connectivity index (χ1n) is 9.02. The van der Waals surface area contributed by atoms with E-state index in [1.807, 2.05) is 24.3 Å². The van der Waals surface area contributed by atoms with Crippen LogP contribution in [0.15, 0.2) is 47.4 Å². The predicted octanol–water partition coefficient (Wildman–Crippen LogP) is 3.79. The Morgan fingerprint density at radius 1 is 1.00 bits per heavy atom. The molecule has 2 aromatic rings. The zero-order valence-electron chi connectivity index (χ0n) is 15.6. The maximum atomic E-state index is 12.6. The van der Waals surface area contributed by atoms with Crippen molar-refractivity contribution in [2.24, 2.45) is 0 Å². The van der Waals surface area contributed by atoms with E-state index in [0.29, 0.717) is 17.1 Å². The average molecular weight is 441 g/mol. The van der Waals surface area contributed by atoms with E-state index in [2.05, 4.69) is 9.80 Å². The molecule has 0 bridgehead atoms. The summed E-state index contributed by atoms with van der Waals surface area (Å²) in [4.78, 5) is 15.8.